The van der Waals surface area contributed by atoms with Gasteiger partial charge in [0.25, 0.3) is 0 Å². The van der Waals surface area contributed by atoms with E-state index in [-0.39, 0.29) is 6.04 Å². The molecule has 2 N–H and O–H groups in total. The minimum Gasteiger partial charge on any atom is -0.383 e. The number of rotatable bonds is 7. The van der Waals surface area contributed by atoms with Crippen LogP contribution >= 0.6 is 15.9 Å². The van der Waals surface area contributed by atoms with E-state index in [0.29, 0.717) is 6.04 Å². The number of ether oxygens (including phenoxy) is 1. The number of nitrogens with two attached hydrogens (primary N) is 1. The minimum atomic E-state index is 0.0479. The van der Waals surface area contributed by atoms with Gasteiger partial charge in [-0.05, 0) is 50.3 Å². The van der Waals surface area contributed by atoms with Crippen molar-refractivity contribution < 1.29 is 4.74 Å². The smallest absolute Gasteiger partial charge is 0.0637 e. The molecule has 0 heterocycles. The zero-order valence-electron chi connectivity index (χ0n) is 12.6. The molecule has 1 unspecified atom stereocenters. The van der Waals surface area contributed by atoms with Gasteiger partial charge in [-0.1, -0.05) is 22.0 Å². The van der Waals surface area contributed by atoms with Gasteiger partial charge in [-0.25, -0.2) is 0 Å². The first-order valence-electron chi connectivity index (χ1n) is 7.35. The predicted octanol–water partition coefficient (Wildman–Crippen LogP) is 3.72. The van der Waals surface area contributed by atoms with Crippen molar-refractivity contribution in [2.45, 2.75) is 38.8 Å². The average molecular weight is 341 g/mol. The highest BCUT2D eigenvalue weighted by Crippen LogP contribution is 2.37. The average Bonchev–Trinajstić information content (AvgIpc) is 3.22. The van der Waals surface area contributed by atoms with Crippen molar-refractivity contribution in [2.75, 3.05) is 25.2 Å². The van der Waals surface area contributed by atoms with Crippen molar-refractivity contribution in [1.29, 1.82) is 0 Å². The first-order chi connectivity index (χ1) is 9.54. The van der Waals surface area contributed by atoms with Gasteiger partial charge in [0.05, 0.1) is 6.61 Å². The summed E-state index contributed by atoms with van der Waals surface area (Å²) >= 11 is 3.65. The van der Waals surface area contributed by atoms with Gasteiger partial charge in [-0.3, -0.25) is 0 Å². The number of benzene rings is 1. The van der Waals surface area contributed by atoms with Gasteiger partial charge in [-0.15, -0.1) is 0 Å². The fraction of sp³-hybridized carbons (Fsp3) is 0.625. The molecule has 1 saturated carbocycles. The third kappa shape index (κ3) is 3.74. The SMILES string of the molecule is COCCN(c1ccc([C@@H](C)N)c(Br)c1)C(C)C1CC1. The van der Waals surface area contributed by atoms with Crippen LogP contribution < -0.4 is 10.6 Å². The molecule has 0 radical (unpaired) electrons. The summed E-state index contributed by atoms with van der Waals surface area (Å²) in [6.07, 6.45) is 2.70. The second-order valence-corrected chi connectivity index (χ2v) is 6.61. The minimum absolute atomic E-state index is 0.0479. The van der Waals surface area contributed by atoms with Crippen molar-refractivity contribution in [3.63, 3.8) is 0 Å². The van der Waals surface area contributed by atoms with E-state index in [1.807, 2.05) is 6.92 Å². The summed E-state index contributed by atoms with van der Waals surface area (Å²) in [7, 11) is 1.76. The zero-order chi connectivity index (χ0) is 14.7. The molecule has 1 fully saturated rings. The molecule has 3 nitrogen and oxygen atoms in total. The largest absolute Gasteiger partial charge is 0.383 e. The predicted molar refractivity (Wildman–Crippen MR) is 88.2 cm³/mol. The Balaban J connectivity index is 2.21. The Morgan fingerprint density at radius 1 is 1.40 bits per heavy atom. The summed E-state index contributed by atoms with van der Waals surface area (Å²) in [5, 5.41) is 0. The van der Waals surface area contributed by atoms with E-state index in [1.165, 1.54) is 18.5 Å². The van der Waals surface area contributed by atoms with E-state index in [1.54, 1.807) is 7.11 Å². The van der Waals surface area contributed by atoms with Crippen LogP contribution in [0, 0.1) is 5.92 Å². The third-order valence-electron chi connectivity index (χ3n) is 4.14. The molecule has 1 aromatic carbocycles. The van der Waals surface area contributed by atoms with Crippen LogP contribution in [0.4, 0.5) is 5.69 Å². The molecular formula is C16H25BrN2O. The fourth-order valence-electron chi connectivity index (χ4n) is 2.65. The van der Waals surface area contributed by atoms with Crippen molar-refractivity contribution in [3.8, 4) is 0 Å². The molecule has 2 rings (SSSR count). The van der Waals surface area contributed by atoms with E-state index in [0.717, 1.165) is 29.1 Å². The number of halogens is 1. The second-order valence-electron chi connectivity index (χ2n) is 5.76. The molecule has 1 aliphatic rings. The van der Waals surface area contributed by atoms with Crippen LogP contribution in [0.25, 0.3) is 0 Å². The Hall–Kier alpha value is -0.580. The van der Waals surface area contributed by atoms with Gasteiger partial charge in [0, 0.05) is 35.9 Å². The van der Waals surface area contributed by atoms with Gasteiger partial charge < -0.3 is 15.4 Å². The van der Waals surface area contributed by atoms with E-state index >= 15 is 0 Å². The lowest BCUT2D eigenvalue weighted by molar-refractivity contribution is 0.202. The van der Waals surface area contributed by atoms with Gasteiger partial charge in [0.1, 0.15) is 0 Å². The van der Waals surface area contributed by atoms with Crippen molar-refractivity contribution in [3.05, 3.63) is 28.2 Å². The van der Waals surface area contributed by atoms with Gasteiger partial charge in [0.2, 0.25) is 0 Å². The maximum atomic E-state index is 5.98. The van der Waals surface area contributed by atoms with E-state index in [4.69, 9.17) is 10.5 Å². The molecule has 0 aliphatic heterocycles. The second kappa shape index (κ2) is 6.92. The van der Waals surface area contributed by atoms with Gasteiger partial charge in [0.15, 0.2) is 0 Å². The van der Waals surface area contributed by atoms with Crippen LogP contribution in [0.15, 0.2) is 22.7 Å². The zero-order valence-corrected chi connectivity index (χ0v) is 14.2. The van der Waals surface area contributed by atoms with E-state index < -0.39 is 0 Å². The Morgan fingerprint density at radius 2 is 2.10 bits per heavy atom. The lowest BCUT2D eigenvalue weighted by Gasteiger charge is -2.32. The number of nitrogens with zero attached hydrogens (tertiary/aromatic N) is 1. The molecule has 0 spiro atoms. The highest BCUT2D eigenvalue weighted by molar-refractivity contribution is 9.10. The normalized spacial score (nSPS) is 17.9. The van der Waals surface area contributed by atoms with E-state index in [9.17, 15) is 0 Å². The molecule has 2 atom stereocenters. The maximum Gasteiger partial charge on any atom is 0.0637 e. The van der Waals surface area contributed by atoms with Gasteiger partial charge >= 0.3 is 0 Å². The molecule has 0 aromatic heterocycles. The summed E-state index contributed by atoms with van der Waals surface area (Å²) in [6.45, 7) is 6.01. The highest BCUT2D eigenvalue weighted by atomic mass is 79.9. The number of methoxy groups -OCH3 is 1. The summed E-state index contributed by atoms with van der Waals surface area (Å²) in [5.74, 6) is 0.832. The Kier molecular flexibility index (Phi) is 5.47. The van der Waals surface area contributed by atoms with Crippen molar-refractivity contribution >= 4 is 21.6 Å². The molecule has 4 heteroatoms. The van der Waals surface area contributed by atoms with Gasteiger partial charge in [-0.2, -0.15) is 0 Å². The van der Waals surface area contributed by atoms with Crippen LogP contribution in [0.1, 0.15) is 38.3 Å². The first-order valence-corrected chi connectivity index (χ1v) is 8.14. The molecule has 1 aromatic rings. The summed E-state index contributed by atoms with van der Waals surface area (Å²) in [4.78, 5) is 2.46. The van der Waals surface area contributed by atoms with Crippen molar-refractivity contribution in [1.82, 2.24) is 0 Å². The molecule has 112 valence electrons. The monoisotopic (exact) mass is 340 g/mol. The fourth-order valence-corrected chi connectivity index (χ4v) is 3.38. The Morgan fingerprint density at radius 3 is 2.60 bits per heavy atom. The molecule has 0 amide bonds. The molecule has 20 heavy (non-hydrogen) atoms. The Bertz CT molecular complexity index is 446. The van der Waals surface area contributed by atoms with Crippen LogP contribution in [-0.4, -0.2) is 26.3 Å². The summed E-state index contributed by atoms with van der Waals surface area (Å²) < 4.78 is 6.36. The quantitative estimate of drug-likeness (QED) is 0.821. The first kappa shape index (κ1) is 15.8. The molecular weight excluding hydrogens is 316 g/mol. The number of hydrogen-bond donors (Lipinski definition) is 1. The topological polar surface area (TPSA) is 38.5 Å². The molecule has 0 saturated heterocycles. The van der Waals surface area contributed by atoms with Crippen LogP contribution in [0.2, 0.25) is 0 Å². The van der Waals surface area contributed by atoms with Crippen LogP contribution in [-0.2, 0) is 4.74 Å². The summed E-state index contributed by atoms with van der Waals surface area (Å²) in [6, 6.07) is 7.11. The maximum absolute atomic E-state index is 5.98. The summed E-state index contributed by atoms with van der Waals surface area (Å²) in [5.41, 5.74) is 8.38. The molecule has 1 aliphatic carbocycles. The standard InChI is InChI=1S/C16H25BrN2O/c1-11(18)15-7-6-14(10-16(15)17)19(8-9-20-3)12(2)13-4-5-13/h6-7,10-13H,4-5,8-9,18H2,1-3H3/t11-,12?/m1/s1. The van der Waals surface area contributed by atoms with E-state index in [2.05, 4.69) is 46.0 Å². The number of anilines is 1. The lowest BCUT2D eigenvalue weighted by atomic mass is 10.1. The van der Waals surface area contributed by atoms with Crippen molar-refractivity contribution in [2.24, 2.45) is 11.7 Å². The van der Waals surface area contributed by atoms with Crippen LogP contribution in [0.3, 0.4) is 0 Å². The lowest BCUT2D eigenvalue weighted by Crippen LogP contribution is -2.37. The molecule has 0 bridgehead atoms. The number of hydrogen-bond acceptors (Lipinski definition) is 3. The third-order valence-corrected chi connectivity index (χ3v) is 4.83. The highest BCUT2D eigenvalue weighted by Gasteiger charge is 2.32. The Labute approximate surface area is 130 Å². The van der Waals surface area contributed by atoms with Crippen LogP contribution in [0.5, 0.6) is 0 Å².